The Balaban J connectivity index is 1.32. The Labute approximate surface area is 152 Å². The van der Waals surface area contributed by atoms with E-state index < -0.39 is 0 Å². The number of oxazole rings is 1. The Bertz CT molecular complexity index is 798. The zero-order chi connectivity index (χ0) is 18.1. The average Bonchev–Trinajstić information content (AvgIpc) is 3.03. The van der Waals surface area contributed by atoms with Gasteiger partial charge in [-0.3, -0.25) is 9.78 Å². The minimum atomic E-state index is -0.299. The molecule has 1 atom stereocenters. The van der Waals surface area contributed by atoms with Gasteiger partial charge in [0, 0.05) is 18.7 Å². The highest BCUT2D eigenvalue weighted by molar-refractivity contribution is 5.93. The maximum absolute atomic E-state index is 12.5. The Morgan fingerprint density at radius 2 is 2.23 bits per heavy atom. The van der Waals surface area contributed by atoms with Crippen molar-refractivity contribution >= 4 is 5.91 Å². The first-order valence-electron chi connectivity index (χ1n) is 8.92. The smallest absolute Gasteiger partial charge is 0.291 e. The second-order valence-electron chi connectivity index (χ2n) is 7.16. The highest BCUT2D eigenvalue weighted by atomic mass is 16.5. The highest BCUT2D eigenvalue weighted by Gasteiger charge is 2.50. The van der Waals surface area contributed by atoms with E-state index in [0.29, 0.717) is 37.8 Å². The summed E-state index contributed by atoms with van der Waals surface area (Å²) in [4.78, 5) is 22.7. The summed E-state index contributed by atoms with van der Waals surface area (Å²) in [5.74, 6) is 0.190. The van der Waals surface area contributed by atoms with E-state index in [2.05, 4.69) is 9.97 Å². The summed E-state index contributed by atoms with van der Waals surface area (Å²) in [6, 6.07) is 5.95. The second kappa shape index (κ2) is 6.81. The van der Waals surface area contributed by atoms with Gasteiger partial charge in [0.2, 0.25) is 5.76 Å². The molecule has 2 saturated heterocycles. The van der Waals surface area contributed by atoms with Crippen LogP contribution in [0, 0.1) is 13.8 Å². The third kappa shape index (κ3) is 3.37. The number of ether oxygens (including phenoxy) is 2. The van der Waals surface area contributed by atoms with Gasteiger partial charge in [0.1, 0.15) is 5.60 Å². The topological polar surface area (TPSA) is 77.7 Å². The van der Waals surface area contributed by atoms with Gasteiger partial charge in [-0.25, -0.2) is 4.98 Å². The lowest BCUT2D eigenvalue weighted by molar-refractivity contribution is -0.188. The zero-order valence-electron chi connectivity index (χ0n) is 15.1. The van der Waals surface area contributed by atoms with Crippen molar-refractivity contribution in [2.75, 3.05) is 19.7 Å². The fraction of sp³-hybridized carbons (Fsp3) is 0.526. The number of amides is 1. The summed E-state index contributed by atoms with van der Waals surface area (Å²) in [6.07, 6.45) is 3.08. The van der Waals surface area contributed by atoms with Crippen LogP contribution in [-0.2, 0) is 16.1 Å². The van der Waals surface area contributed by atoms with E-state index in [4.69, 9.17) is 13.9 Å². The molecule has 2 aromatic heterocycles. The fourth-order valence-electron chi connectivity index (χ4n) is 3.67. The molecule has 0 bridgehead atoms. The van der Waals surface area contributed by atoms with Crippen LogP contribution in [0.2, 0.25) is 0 Å². The summed E-state index contributed by atoms with van der Waals surface area (Å²) in [5.41, 5.74) is 2.25. The summed E-state index contributed by atoms with van der Waals surface area (Å²) >= 11 is 0. The second-order valence-corrected chi connectivity index (χ2v) is 7.16. The van der Waals surface area contributed by atoms with Gasteiger partial charge in [-0.15, -0.1) is 0 Å². The fourth-order valence-corrected chi connectivity index (χ4v) is 3.67. The van der Waals surface area contributed by atoms with E-state index in [-0.39, 0.29) is 17.6 Å². The van der Waals surface area contributed by atoms with E-state index in [0.717, 1.165) is 24.2 Å². The first kappa shape index (κ1) is 17.2. The first-order valence-corrected chi connectivity index (χ1v) is 8.92. The molecule has 0 radical (unpaired) electrons. The predicted molar refractivity (Wildman–Crippen MR) is 92.6 cm³/mol. The standard InChI is InChI=1S/C19H23N3O4/c1-13-4-3-5-15(21-13)9-24-16-6-7-26-19(8-16)10-22(11-19)18(23)17-14(2)20-12-25-17/h3-5,12,16H,6-11H2,1-2H3/t16-/m1/s1. The molecule has 0 saturated carbocycles. The molecule has 2 aliphatic heterocycles. The van der Waals surface area contributed by atoms with Crippen LogP contribution in [0.5, 0.6) is 0 Å². The van der Waals surface area contributed by atoms with Crippen molar-refractivity contribution in [3.63, 3.8) is 0 Å². The van der Waals surface area contributed by atoms with Crippen LogP contribution in [0.15, 0.2) is 29.0 Å². The molecule has 0 aromatic carbocycles. The van der Waals surface area contributed by atoms with Crippen molar-refractivity contribution in [1.82, 2.24) is 14.9 Å². The number of hydrogen-bond donors (Lipinski definition) is 0. The quantitative estimate of drug-likeness (QED) is 0.835. The average molecular weight is 357 g/mol. The van der Waals surface area contributed by atoms with Crippen LogP contribution < -0.4 is 0 Å². The minimum Gasteiger partial charge on any atom is -0.438 e. The molecule has 0 unspecified atom stereocenters. The van der Waals surface area contributed by atoms with Crippen molar-refractivity contribution in [3.8, 4) is 0 Å². The van der Waals surface area contributed by atoms with E-state index in [9.17, 15) is 4.79 Å². The van der Waals surface area contributed by atoms with Gasteiger partial charge in [0.15, 0.2) is 6.39 Å². The molecule has 1 spiro atoms. The van der Waals surface area contributed by atoms with Crippen LogP contribution in [0.1, 0.15) is 40.5 Å². The lowest BCUT2D eigenvalue weighted by Gasteiger charge is -2.52. The molecule has 7 nitrogen and oxygen atoms in total. The normalized spacial score (nSPS) is 21.6. The molecule has 0 aliphatic carbocycles. The van der Waals surface area contributed by atoms with Crippen molar-refractivity contribution in [2.45, 2.75) is 45.0 Å². The Morgan fingerprint density at radius 3 is 2.96 bits per heavy atom. The van der Waals surface area contributed by atoms with E-state index in [1.807, 2.05) is 25.1 Å². The SMILES string of the molecule is Cc1cccc(CO[C@@H]2CCOC3(C2)CN(C(=O)c2ocnc2C)C3)n1. The molecule has 2 aliphatic rings. The van der Waals surface area contributed by atoms with Crippen molar-refractivity contribution < 1.29 is 18.7 Å². The van der Waals surface area contributed by atoms with Gasteiger partial charge in [0.25, 0.3) is 5.91 Å². The molecule has 0 N–H and O–H groups in total. The van der Waals surface area contributed by atoms with E-state index in [1.165, 1.54) is 6.39 Å². The van der Waals surface area contributed by atoms with Gasteiger partial charge >= 0.3 is 0 Å². The first-order chi connectivity index (χ1) is 12.5. The third-order valence-electron chi connectivity index (χ3n) is 5.05. The van der Waals surface area contributed by atoms with Gasteiger partial charge in [-0.05, 0) is 32.4 Å². The third-order valence-corrected chi connectivity index (χ3v) is 5.05. The predicted octanol–water partition coefficient (Wildman–Crippen LogP) is 2.28. The van der Waals surface area contributed by atoms with Crippen LogP contribution in [0.3, 0.4) is 0 Å². The van der Waals surface area contributed by atoms with Crippen molar-refractivity contribution in [3.05, 3.63) is 47.4 Å². The molecular weight excluding hydrogens is 334 g/mol. The van der Waals surface area contributed by atoms with Crippen LogP contribution >= 0.6 is 0 Å². The van der Waals surface area contributed by atoms with Gasteiger partial charge in [-0.2, -0.15) is 0 Å². The Kier molecular flexibility index (Phi) is 4.50. The van der Waals surface area contributed by atoms with Gasteiger partial charge in [0.05, 0.1) is 37.2 Å². The Hall–Kier alpha value is -2.25. The summed E-state index contributed by atoms with van der Waals surface area (Å²) in [5, 5.41) is 0. The lowest BCUT2D eigenvalue weighted by Crippen LogP contribution is -2.67. The van der Waals surface area contributed by atoms with Crippen LogP contribution in [-0.4, -0.2) is 52.2 Å². The number of aryl methyl sites for hydroxylation is 2. The molecule has 4 heterocycles. The number of carbonyl (C=O) groups excluding carboxylic acids is 1. The largest absolute Gasteiger partial charge is 0.438 e. The number of pyridine rings is 1. The van der Waals surface area contributed by atoms with Crippen LogP contribution in [0.4, 0.5) is 0 Å². The summed E-state index contributed by atoms with van der Waals surface area (Å²) in [6.45, 7) is 6.02. The molecular formula is C19H23N3O4. The van der Waals surface area contributed by atoms with Crippen molar-refractivity contribution in [2.24, 2.45) is 0 Å². The number of likely N-dealkylation sites (tertiary alicyclic amines) is 1. The molecule has 2 aromatic rings. The molecule has 138 valence electrons. The molecule has 4 rings (SSSR count). The number of carbonyl (C=O) groups is 1. The number of nitrogens with zero attached hydrogens (tertiary/aromatic N) is 3. The van der Waals surface area contributed by atoms with Gasteiger partial charge in [-0.1, -0.05) is 6.07 Å². The van der Waals surface area contributed by atoms with Gasteiger partial charge < -0.3 is 18.8 Å². The molecule has 7 heteroatoms. The lowest BCUT2D eigenvalue weighted by atomic mass is 9.84. The van der Waals surface area contributed by atoms with Crippen molar-refractivity contribution in [1.29, 1.82) is 0 Å². The highest BCUT2D eigenvalue weighted by Crippen LogP contribution is 2.36. The van der Waals surface area contributed by atoms with E-state index >= 15 is 0 Å². The number of aromatic nitrogens is 2. The summed E-state index contributed by atoms with van der Waals surface area (Å²) in [7, 11) is 0. The maximum atomic E-state index is 12.5. The Morgan fingerprint density at radius 1 is 1.38 bits per heavy atom. The summed E-state index contributed by atoms with van der Waals surface area (Å²) < 4.78 is 17.3. The van der Waals surface area contributed by atoms with Crippen LogP contribution in [0.25, 0.3) is 0 Å². The maximum Gasteiger partial charge on any atom is 0.291 e. The molecule has 1 amide bonds. The van der Waals surface area contributed by atoms with E-state index in [1.54, 1.807) is 11.8 Å². The monoisotopic (exact) mass is 357 g/mol. The minimum absolute atomic E-state index is 0.121. The molecule has 26 heavy (non-hydrogen) atoms. The molecule has 2 fully saturated rings. The zero-order valence-corrected chi connectivity index (χ0v) is 15.1. The number of hydrogen-bond acceptors (Lipinski definition) is 6. The number of rotatable bonds is 4.